The summed E-state index contributed by atoms with van der Waals surface area (Å²) in [6.07, 6.45) is -2.92. The Bertz CT molecular complexity index is 1440. The summed E-state index contributed by atoms with van der Waals surface area (Å²) >= 11 is 6.40. The molecular formula is C22H13ClF3N5O. The number of halogens is 4. The fourth-order valence-electron chi connectivity index (χ4n) is 3.39. The zero-order chi connectivity index (χ0) is 22.5. The van der Waals surface area contributed by atoms with Gasteiger partial charge in [0.15, 0.2) is 5.58 Å². The molecule has 0 aliphatic rings. The van der Waals surface area contributed by atoms with E-state index in [4.69, 9.17) is 21.8 Å². The second-order valence-electron chi connectivity index (χ2n) is 7.09. The lowest BCUT2D eigenvalue weighted by atomic mass is 9.98. The van der Waals surface area contributed by atoms with Crippen LogP contribution in [0.3, 0.4) is 0 Å². The molecule has 0 aliphatic carbocycles. The summed E-state index contributed by atoms with van der Waals surface area (Å²) in [4.78, 5) is 4.29. The first-order chi connectivity index (χ1) is 15.3. The van der Waals surface area contributed by atoms with Gasteiger partial charge in [-0.3, -0.25) is 0 Å². The van der Waals surface area contributed by atoms with E-state index in [1.165, 1.54) is 6.07 Å². The smallest absolute Gasteiger partial charge is 0.416 e. The van der Waals surface area contributed by atoms with E-state index in [0.717, 1.165) is 17.7 Å². The first-order valence-corrected chi connectivity index (χ1v) is 9.70. The molecule has 2 aromatic heterocycles. The van der Waals surface area contributed by atoms with Crippen molar-refractivity contribution in [2.75, 3.05) is 5.73 Å². The van der Waals surface area contributed by atoms with E-state index in [-0.39, 0.29) is 17.0 Å². The maximum atomic E-state index is 13.1. The Labute approximate surface area is 183 Å². The summed E-state index contributed by atoms with van der Waals surface area (Å²) in [6, 6.07) is 13.7. The van der Waals surface area contributed by atoms with E-state index in [0.29, 0.717) is 33.1 Å². The lowest BCUT2D eigenvalue weighted by molar-refractivity contribution is -0.137. The molecule has 3 N–H and O–H groups in total. The Kier molecular flexibility index (Phi) is 4.63. The van der Waals surface area contributed by atoms with Gasteiger partial charge in [-0.25, -0.2) is 4.98 Å². The van der Waals surface area contributed by atoms with Crippen molar-refractivity contribution >= 4 is 28.4 Å². The number of rotatable bonds is 3. The third-order valence-corrected chi connectivity index (χ3v) is 5.22. The molecule has 0 bridgehead atoms. The second kappa shape index (κ2) is 7.38. The molecule has 0 amide bonds. The Morgan fingerprint density at radius 2 is 1.72 bits per heavy atom. The molecule has 32 heavy (non-hydrogen) atoms. The average molecular weight is 456 g/mol. The predicted octanol–water partition coefficient (Wildman–Crippen LogP) is 6.20. The molecule has 0 saturated heterocycles. The van der Waals surface area contributed by atoms with Crippen molar-refractivity contribution in [3.63, 3.8) is 0 Å². The number of anilines is 1. The average Bonchev–Trinajstić information content (AvgIpc) is 3.42. The summed E-state index contributed by atoms with van der Waals surface area (Å²) < 4.78 is 45.0. The predicted molar refractivity (Wildman–Crippen MR) is 115 cm³/mol. The third-order valence-electron chi connectivity index (χ3n) is 4.91. The van der Waals surface area contributed by atoms with Crippen molar-refractivity contribution in [1.82, 2.24) is 20.4 Å². The normalized spacial score (nSPS) is 11.9. The molecular weight excluding hydrogens is 443 g/mol. The van der Waals surface area contributed by atoms with Gasteiger partial charge in [-0.2, -0.15) is 28.6 Å². The summed E-state index contributed by atoms with van der Waals surface area (Å²) in [6.45, 7) is 0. The molecule has 6 nitrogen and oxygen atoms in total. The molecule has 0 fully saturated rings. The van der Waals surface area contributed by atoms with Gasteiger partial charge in [-0.05, 0) is 54.1 Å². The second-order valence-corrected chi connectivity index (χ2v) is 7.50. The van der Waals surface area contributed by atoms with Gasteiger partial charge < -0.3 is 10.2 Å². The highest BCUT2D eigenvalue weighted by atomic mass is 35.5. The number of hydrogen-bond acceptors (Lipinski definition) is 5. The number of nitrogens with one attached hydrogen (secondary N) is 1. The molecule has 5 rings (SSSR count). The molecule has 0 saturated carbocycles. The van der Waals surface area contributed by atoms with Crippen LogP contribution < -0.4 is 5.73 Å². The number of hydrogen-bond donors (Lipinski definition) is 2. The van der Waals surface area contributed by atoms with Gasteiger partial charge in [0.25, 0.3) is 0 Å². The molecule has 160 valence electrons. The molecule has 0 radical (unpaired) electrons. The number of nitrogen functional groups attached to an aromatic ring is 1. The minimum Gasteiger partial charge on any atom is -0.436 e. The van der Waals surface area contributed by atoms with Crippen molar-refractivity contribution in [1.29, 1.82) is 0 Å². The van der Waals surface area contributed by atoms with Crippen LogP contribution in [0.4, 0.5) is 18.9 Å². The van der Waals surface area contributed by atoms with E-state index < -0.39 is 11.7 Å². The van der Waals surface area contributed by atoms with Crippen LogP contribution in [0.25, 0.3) is 44.9 Å². The Morgan fingerprint density at radius 3 is 2.44 bits per heavy atom. The lowest BCUT2D eigenvalue weighted by Gasteiger charge is -2.09. The fourth-order valence-corrected chi connectivity index (χ4v) is 3.69. The number of H-pyrrole nitrogens is 1. The zero-order valence-corrected chi connectivity index (χ0v) is 16.9. The zero-order valence-electron chi connectivity index (χ0n) is 16.1. The van der Waals surface area contributed by atoms with Crippen molar-refractivity contribution in [2.45, 2.75) is 6.18 Å². The van der Waals surface area contributed by atoms with Gasteiger partial charge in [0.1, 0.15) is 11.2 Å². The van der Waals surface area contributed by atoms with E-state index in [2.05, 4.69) is 20.4 Å². The Morgan fingerprint density at radius 1 is 0.938 bits per heavy atom. The van der Waals surface area contributed by atoms with Crippen LogP contribution in [0.5, 0.6) is 0 Å². The maximum Gasteiger partial charge on any atom is 0.416 e. The van der Waals surface area contributed by atoms with Crippen LogP contribution in [-0.4, -0.2) is 20.4 Å². The number of nitrogens with two attached hydrogens (primary N) is 1. The van der Waals surface area contributed by atoms with Crippen LogP contribution in [0.1, 0.15) is 5.56 Å². The summed E-state index contributed by atoms with van der Waals surface area (Å²) in [5.41, 5.74) is 9.11. The molecule has 3 aromatic carbocycles. The number of benzene rings is 3. The number of alkyl halides is 3. The number of aromatic nitrogens is 4. The van der Waals surface area contributed by atoms with Gasteiger partial charge in [0, 0.05) is 22.4 Å². The number of oxazole rings is 1. The van der Waals surface area contributed by atoms with Crippen LogP contribution >= 0.6 is 11.6 Å². The fraction of sp³-hybridized carbons (Fsp3) is 0.0455. The van der Waals surface area contributed by atoms with E-state index >= 15 is 0 Å². The number of nitrogens with zero attached hydrogens (tertiary/aromatic N) is 3. The monoisotopic (exact) mass is 455 g/mol. The van der Waals surface area contributed by atoms with Gasteiger partial charge in [0.2, 0.25) is 5.89 Å². The summed E-state index contributed by atoms with van der Waals surface area (Å²) in [5, 5.41) is 10.9. The quantitative estimate of drug-likeness (QED) is 0.316. The van der Waals surface area contributed by atoms with Crippen LogP contribution in [0.15, 0.2) is 65.2 Å². The molecule has 0 unspecified atom stereocenters. The SMILES string of the molecule is Nc1ccc(-c2cc(-c3cn[nH]n3)cc(-c3nc4cc(C(F)(F)F)ccc4o3)c2)c(Cl)c1. The first kappa shape index (κ1) is 20.1. The van der Waals surface area contributed by atoms with Crippen molar-refractivity contribution in [2.24, 2.45) is 0 Å². The van der Waals surface area contributed by atoms with Crippen LogP contribution in [-0.2, 0) is 6.18 Å². The number of aromatic amines is 1. The summed E-state index contributed by atoms with van der Waals surface area (Å²) in [7, 11) is 0. The first-order valence-electron chi connectivity index (χ1n) is 9.33. The minimum atomic E-state index is -4.47. The molecule has 0 spiro atoms. The maximum absolute atomic E-state index is 13.1. The van der Waals surface area contributed by atoms with E-state index in [1.807, 2.05) is 6.07 Å². The third kappa shape index (κ3) is 3.67. The van der Waals surface area contributed by atoms with Crippen molar-refractivity contribution < 1.29 is 17.6 Å². The highest BCUT2D eigenvalue weighted by Crippen LogP contribution is 2.37. The molecule has 2 heterocycles. The van der Waals surface area contributed by atoms with E-state index in [9.17, 15) is 13.2 Å². The van der Waals surface area contributed by atoms with Gasteiger partial charge in [-0.1, -0.05) is 17.7 Å². The highest BCUT2D eigenvalue weighted by Gasteiger charge is 2.31. The topological polar surface area (TPSA) is 93.6 Å². The van der Waals surface area contributed by atoms with Crippen molar-refractivity contribution in [3.05, 3.63) is 71.4 Å². The Balaban J connectivity index is 1.69. The van der Waals surface area contributed by atoms with Gasteiger partial charge in [0.05, 0.1) is 16.8 Å². The molecule has 5 aromatic rings. The van der Waals surface area contributed by atoms with Crippen LogP contribution in [0, 0.1) is 0 Å². The van der Waals surface area contributed by atoms with Crippen LogP contribution in [0.2, 0.25) is 5.02 Å². The molecule has 10 heteroatoms. The van der Waals surface area contributed by atoms with Crippen molar-refractivity contribution in [3.8, 4) is 33.8 Å². The van der Waals surface area contributed by atoms with Gasteiger partial charge in [-0.15, -0.1) is 0 Å². The van der Waals surface area contributed by atoms with Gasteiger partial charge >= 0.3 is 6.18 Å². The largest absolute Gasteiger partial charge is 0.436 e. The minimum absolute atomic E-state index is 0.105. The standard InChI is InChI=1S/C22H13ClF3N5O/c23-17-9-15(27)2-3-16(17)11-5-12(19-10-28-31-30-19)7-13(6-11)21-29-18-8-14(22(24,25)26)1-4-20(18)32-21/h1-10H,27H2,(H,28,30,31). The molecule has 0 atom stereocenters. The lowest BCUT2D eigenvalue weighted by Crippen LogP contribution is -2.03. The molecule has 0 aliphatic heterocycles. The summed E-state index contributed by atoms with van der Waals surface area (Å²) in [5.74, 6) is 0.164. The highest BCUT2D eigenvalue weighted by molar-refractivity contribution is 6.33. The van der Waals surface area contributed by atoms with E-state index in [1.54, 1.807) is 36.5 Å². The number of fused-ring (bicyclic) bond motifs is 1. The Hall–Kier alpha value is -3.85.